The Morgan fingerprint density at radius 3 is 2.74 bits per heavy atom. The molecule has 0 spiro atoms. The molecule has 104 valence electrons. The van der Waals surface area contributed by atoms with Crippen molar-refractivity contribution in [3.63, 3.8) is 0 Å². The molecule has 0 radical (unpaired) electrons. The number of anilines is 2. The molecule has 0 bridgehead atoms. The Labute approximate surface area is 113 Å². The maximum Gasteiger partial charge on any atom is 0.252 e. The van der Waals surface area contributed by atoms with Gasteiger partial charge in [0.1, 0.15) is 5.82 Å². The highest BCUT2D eigenvalue weighted by Gasteiger charge is 2.21. The Hall–Kier alpha value is -1.78. The number of nitrogens with one attached hydrogen (secondary N) is 1. The second-order valence-corrected chi connectivity index (χ2v) is 5.36. The molecule has 1 saturated carbocycles. The molecule has 0 aliphatic heterocycles. The summed E-state index contributed by atoms with van der Waals surface area (Å²) in [4.78, 5) is 15.6. The highest BCUT2D eigenvalue weighted by atomic mass is 16.1. The number of nitrogen functional groups attached to an aromatic ring is 1. The van der Waals surface area contributed by atoms with E-state index in [1.807, 2.05) is 0 Å². The average molecular weight is 262 g/mol. The van der Waals surface area contributed by atoms with E-state index in [0.717, 1.165) is 0 Å². The number of nitrogens with two attached hydrogens (primary N) is 2. The molecule has 19 heavy (non-hydrogen) atoms. The number of hydrogen-bond acceptors (Lipinski definition) is 4. The van der Waals surface area contributed by atoms with E-state index in [9.17, 15) is 4.79 Å². The molecule has 1 aliphatic rings. The van der Waals surface area contributed by atoms with E-state index in [1.54, 1.807) is 12.3 Å². The molecule has 1 aromatic heterocycles. The first-order valence-electron chi connectivity index (χ1n) is 6.90. The van der Waals surface area contributed by atoms with Crippen molar-refractivity contribution >= 4 is 17.4 Å². The van der Waals surface area contributed by atoms with Gasteiger partial charge in [0.2, 0.25) is 0 Å². The maximum absolute atomic E-state index is 11.4. The Morgan fingerprint density at radius 2 is 2.11 bits per heavy atom. The Balaban J connectivity index is 2.11. The summed E-state index contributed by atoms with van der Waals surface area (Å²) in [5.74, 6) is 0.673. The van der Waals surface area contributed by atoms with Crippen LogP contribution in [0.5, 0.6) is 0 Å². The van der Waals surface area contributed by atoms with Crippen LogP contribution < -0.4 is 16.8 Å². The van der Waals surface area contributed by atoms with Crippen LogP contribution in [0, 0.1) is 5.92 Å². The molecule has 1 aliphatic carbocycles. The zero-order valence-corrected chi connectivity index (χ0v) is 11.4. The molecule has 0 aromatic carbocycles. The minimum Gasteiger partial charge on any atom is -0.397 e. The van der Waals surface area contributed by atoms with Gasteiger partial charge in [-0.05, 0) is 31.7 Å². The molecular weight excluding hydrogens is 240 g/mol. The molecule has 5 heteroatoms. The van der Waals surface area contributed by atoms with Gasteiger partial charge in [0, 0.05) is 6.04 Å². The monoisotopic (exact) mass is 262 g/mol. The van der Waals surface area contributed by atoms with Crippen LogP contribution in [0.3, 0.4) is 0 Å². The lowest BCUT2D eigenvalue weighted by Gasteiger charge is -2.29. The van der Waals surface area contributed by atoms with Gasteiger partial charge in [-0.25, -0.2) is 4.98 Å². The molecule has 1 fully saturated rings. The van der Waals surface area contributed by atoms with Crippen molar-refractivity contribution in [3.8, 4) is 0 Å². The average Bonchev–Trinajstić information content (AvgIpc) is 2.41. The topological polar surface area (TPSA) is 94.0 Å². The number of carbonyl (C=O) groups excluding carboxylic acids is 1. The van der Waals surface area contributed by atoms with Gasteiger partial charge in [0.25, 0.3) is 5.91 Å². The SMILES string of the molecule is CC(Nc1ncc(N)cc1C(N)=O)C1CCCCC1. The number of nitrogens with zero attached hydrogens (tertiary/aromatic N) is 1. The third-order valence-corrected chi connectivity index (χ3v) is 3.90. The van der Waals surface area contributed by atoms with Gasteiger partial charge >= 0.3 is 0 Å². The summed E-state index contributed by atoms with van der Waals surface area (Å²) in [7, 11) is 0. The number of rotatable bonds is 4. The van der Waals surface area contributed by atoms with Crippen molar-refractivity contribution in [1.29, 1.82) is 0 Å². The van der Waals surface area contributed by atoms with Crippen LogP contribution in [0.2, 0.25) is 0 Å². The summed E-state index contributed by atoms with van der Waals surface area (Å²) in [5, 5.41) is 3.32. The highest BCUT2D eigenvalue weighted by molar-refractivity contribution is 5.98. The lowest BCUT2D eigenvalue weighted by atomic mass is 9.84. The number of pyridine rings is 1. The molecule has 2 rings (SSSR count). The molecule has 1 amide bonds. The fraction of sp³-hybridized carbons (Fsp3) is 0.571. The van der Waals surface area contributed by atoms with Gasteiger partial charge in [0.15, 0.2) is 0 Å². The second-order valence-electron chi connectivity index (χ2n) is 5.36. The first-order valence-corrected chi connectivity index (χ1v) is 6.90. The largest absolute Gasteiger partial charge is 0.397 e. The van der Waals surface area contributed by atoms with Crippen molar-refractivity contribution in [2.75, 3.05) is 11.1 Å². The fourth-order valence-electron chi connectivity index (χ4n) is 2.75. The second kappa shape index (κ2) is 5.91. The van der Waals surface area contributed by atoms with Crippen LogP contribution in [0.15, 0.2) is 12.3 Å². The van der Waals surface area contributed by atoms with Crippen molar-refractivity contribution in [2.24, 2.45) is 11.7 Å². The molecule has 1 atom stereocenters. The van der Waals surface area contributed by atoms with Crippen molar-refractivity contribution in [2.45, 2.75) is 45.1 Å². The Kier molecular flexibility index (Phi) is 4.24. The van der Waals surface area contributed by atoms with Gasteiger partial charge in [0.05, 0.1) is 17.4 Å². The normalized spacial score (nSPS) is 17.9. The van der Waals surface area contributed by atoms with E-state index in [-0.39, 0.29) is 6.04 Å². The Morgan fingerprint density at radius 1 is 1.42 bits per heavy atom. The van der Waals surface area contributed by atoms with Gasteiger partial charge in [-0.1, -0.05) is 19.3 Å². The fourth-order valence-corrected chi connectivity index (χ4v) is 2.75. The van der Waals surface area contributed by atoms with Crippen molar-refractivity contribution < 1.29 is 4.79 Å². The summed E-state index contributed by atoms with van der Waals surface area (Å²) >= 11 is 0. The van der Waals surface area contributed by atoms with E-state index in [2.05, 4.69) is 17.2 Å². The first kappa shape index (κ1) is 13.6. The first-order chi connectivity index (χ1) is 9.08. The van der Waals surface area contributed by atoms with Crippen LogP contribution in [0.1, 0.15) is 49.4 Å². The summed E-state index contributed by atoms with van der Waals surface area (Å²) < 4.78 is 0. The molecule has 1 unspecified atom stereocenters. The Bertz CT molecular complexity index is 455. The number of carbonyl (C=O) groups is 1. The third-order valence-electron chi connectivity index (χ3n) is 3.90. The van der Waals surface area contributed by atoms with Crippen LogP contribution in [-0.4, -0.2) is 16.9 Å². The highest BCUT2D eigenvalue weighted by Crippen LogP contribution is 2.28. The van der Waals surface area contributed by atoms with Gasteiger partial charge in [-0.15, -0.1) is 0 Å². The van der Waals surface area contributed by atoms with Crippen LogP contribution >= 0.6 is 0 Å². The molecule has 0 saturated heterocycles. The van der Waals surface area contributed by atoms with E-state index < -0.39 is 5.91 Å². The lowest BCUT2D eigenvalue weighted by molar-refractivity contribution is 0.100. The van der Waals surface area contributed by atoms with Gasteiger partial charge in [-0.2, -0.15) is 0 Å². The van der Waals surface area contributed by atoms with Gasteiger partial charge in [-0.3, -0.25) is 4.79 Å². The summed E-state index contributed by atoms with van der Waals surface area (Å²) in [6.45, 7) is 2.14. The standard InChI is InChI=1S/C14H22N4O/c1-9(10-5-3-2-4-6-10)18-14-12(13(16)19)7-11(15)8-17-14/h7-10H,2-6,15H2,1H3,(H2,16,19)(H,17,18). The van der Waals surface area contributed by atoms with Crippen LogP contribution in [0.25, 0.3) is 0 Å². The number of amides is 1. The van der Waals surface area contributed by atoms with Crippen molar-refractivity contribution in [3.05, 3.63) is 17.8 Å². The smallest absolute Gasteiger partial charge is 0.252 e. The minimum atomic E-state index is -0.502. The van der Waals surface area contributed by atoms with Gasteiger partial charge < -0.3 is 16.8 Å². The zero-order valence-electron chi connectivity index (χ0n) is 11.4. The van der Waals surface area contributed by atoms with Crippen LogP contribution in [-0.2, 0) is 0 Å². The number of hydrogen-bond donors (Lipinski definition) is 3. The van der Waals surface area contributed by atoms with E-state index >= 15 is 0 Å². The quantitative estimate of drug-likeness (QED) is 0.775. The lowest BCUT2D eigenvalue weighted by Crippen LogP contribution is -2.29. The number of aromatic nitrogens is 1. The molecule has 5 N–H and O–H groups in total. The predicted octanol–water partition coefficient (Wildman–Crippen LogP) is 2.14. The zero-order chi connectivity index (χ0) is 13.8. The van der Waals surface area contributed by atoms with Crippen LogP contribution in [0.4, 0.5) is 11.5 Å². The molecule has 1 heterocycles. The number of primary amides is 1. The summed E-state index contributed by atoms with van der Waals surface area (Å²) in [6.07, 6.45) is 7.91. The van der Waals surface area contributed by atoms with E-state index in [0.29, 0.717) is 23.0 Å². The summed E-state index contributed by atoms with van der Waals surface area (Å²) in [5.41, 5.74) is 11.8. The maximum atomic E-state index is 11.4. The third kappa shape index (κ3) is 3.36. The summed E-state index contributed by atoms with van der Waals surface area (Å²) in [6, 6.07) is 1.86. The van der Waals surface area contributed by atoms with E-state index in [1.165, 1.54) is 32.1 Å². The van der Waals surface area contributed by atoms with E-state index in [4.69, 9.17) is 11.5 Å². The minimum absolute atomic E-state index is 0.287. The molecular formula is C14H22N4O. The predicted molar refractivity (Wildman–Crippen MR) is 76.8 cm³/mol. The molecule has 5 nitrogen and oxygen atoms in total. The molecule has 1 aromatic rings. The van der Waals surface area contributed by atoms with Crippen molar-refractivity contribution in [1.82, 2.24) is 4.98 Å².